The summed E-state index contributed by atoms with van der Waals surface area (Å²) >= 11 is 0. The first-order valence-electron chi connectivity index (χ1n) is 7.74. The van der Waals surface area contributed by atoms with Gasteiger partial charge in [0, 0.05) is 0 Å². The number of methoxy groups -OCH3 is 1. The summed E-state index contributed by atoms with van der Waals surface area (Å²) in [4.78, 5) is 35.1. The maximum absolute atomic E-state index is 12.1. The van der Waals surface area contributed by atoms with E-state index in [4.69, 9.17) is 4.74 Å². The lowest BCUT2D eigenvalue weighted by Gasteiger charge is -2.19. The summed E-state index contributed by atoms with van der Waals surface area (Å²) in [6.45, 7) is 3.73. The van der Waals surface area contributed by atoms with Gasteiger partial charge < -0.3 is 20.1 Å². The fraction of sp³-hybridized carbons (Fsp3) is 0.471. The number of carbonyl (C=O) groups excluding carboxylic acids is 3. The number of nitrogens with one attached hydrogen (secondary N) is 2. The van der Waals surface area contributed by atoms with E-state index in [1.165, 1.54) is 7.11 Å². The fourth-order valence-corrected chi connectivity index (χ4v) is 1.96. The molecule has 0 saturated heterocycles. The SMILES string of the molecule is COC(=O)CNC(=O)[C@@H](CC(C)C)NC(=O)OCc1ccccc1. The first-order valence-corrected chi connectivity index (χ1v) is 7.74. The predicted molar refractivity (Wildman–Crippen MR) is 88.0 cm³/mol. The molecule has 2 amide bonds. The van der Waals surface area contributed by atoms with Gasteiger partial charge in [-0.05, 0) is 17.9 Å². The Kier molecular flexibility index (Phi) is 8.32. The van der Waals surface area contributed by atoms with Gasteiger partial charge in [-0.1, -0.05) is 44.2 Å². The zero-order chi connectivity index (χ0) is 17.9. The summed E-state index contributed by atoms with van der Waals surface area (Å²) in [6, 6.07) is 8.45. The molecule has 2 N–H and O–H groups in total. The molecule has 1 atom stereocenters. The van der Waals surface area contributed by atoms with Crippen molar-refractivity contribution in [2.45, 2.75) is 32.9 Å². The molecular formula is C17H24N2O5. The number of amides is 2. The molecular weight excluding hydrogens is 312 g/mol. The number of carbonyl (C=O) groups is 3. The van der Waals surface area contributed by atoms with Crippen LogP contribution in [-0.4, -0.2) is 37.7 Å². The standard InChI is InChI=1S/C17H24N2O5/c1-12(2)9-14(16(21)18-10-15(20)23-3)19-17(22)24-11-13-7-5-4-6-8-13/h4-8,12,14H,9-11H2,1-3H3,(H,18,21)(H,19,22)/t14-/m1/s1. The molecule has 0 spiro atoms. The summed E-state index contributed by atoms with van der Waals surface area (Å²) in [5, 5.41) is 4.97. The van der Waals surface area contributed by atoms with E-state index >= 15 is 0 Å². The fourth-order valence-electron chi connectivity index (χ4n) is 1.96. The van der Waals surface area contributed by atoms with Crippen LogP contribution in [0.15, 0.2) is 30.3 Å². The smallest absolute Gasteiger partial charge is 0.408 e. The Bertz CT molecular complexity index is 545. The van der Waals surface area contributed by atoms with Crippen LogP contribution in [0.2, 0.25) is 0 Å². The Labute approximate surface area is 141 Å². The number of rotatable bonds is 8. The Balaban J connectivity index is 2.52. The Hall–Kier alpha value is -2.57. The van der Waals surface area contributed by atoms with Crippen molar-refractivity contribution >= 4 is 18.0 Å². The topological polar surface area (TPSA) is 93.7 Å². The summed E-state index contributed by atoms with van der Waals surface area (Å²) < 4.78 is 9.58. The van der Waals surface area contributed by atoms with Crippen LogP contribution in [0.3, 0.4) is 0 Å². The van der Waals surface area contributed by atoms with Gasteiger partial charge in [-0.15, -0.1) is 0 Å². The molecule has 0 aliphatic rings. The Morgan fingerprint density at radius 3 is 2.38 bits per heavy atom. The van der Waals surface area contributed by atoms with Crippen molar-refractivity contribution in [1.29, 1.82) is 0 Å². The van der Waals surface area contributed by atoms with Crippen molar-refractivity contribution in [2.75, 3.05) is 13.7 Å². The van der Waals surface area contributed by atoms with E-state index in [0.717, 1.165) is 5.56 Å². The highest BCUT2D eigenvalue weighted by Crippen LogP contribution is 2.06. The van der Waals surface area contributed by atoms with Crippen molar-refractivity contribution in [3.8, 4) is 0 Å². The number of alkyl carbamates (subject to hydrolysis) is 1. The van der Waals surface area contributed by atoms with Crippen LogP contribution in [-0.2, 0) is 25.7 Å². The van der Waals surface area contributed by atoms with Crippen LogP contribution < -0.4 is 10.6 Å². The van der Waals surface area contributed by atoms with Crippen LogP contribution in [0.5, 0.6) is 0 Å². The van der Waals surface area contributed by atoms with Gasteiger partial charge in [-0.3, -0.25) is 9.59 Å². The first-order chi connectivity index (χ1) is 11.4. The highest BCUT2D eigenvalue weighted by atomic mass is 16.5. The Morgan fingerprint density at radius 2 is 1.79 bits per heavy atom. The monoisotopic (exact) mass is 336 g/mol. The zero-order valence-electron chi connectivity index (χ0n) is 14.2. The Morgan fingerprint density at radius 1 is 1.12 bits per heavy atom. The van der Waals surface area contributed by atoms with Gasteiger partial charge >= 0.3 is 12.1 Å². The van der Waals surface area contributed by atoms with Gasteiger partial charge in [-0.25, -0.2) is 4.79 Å². The lowest BCUT2D eigenvalue weighted by atomic mass is 10.0. The summed E-state index contributed by atoms with van der Waals surface area (Å²) in [7, 11) is 1.24. The van der Waals surface area contributed by atoms with Gasteiger partial charge in [0.15, 0.2) is 0 Å². The van der Waals surface area contributed by atoms with Crippen molar-refractivity contribution in [2.24, 2.45) is 5.92 Å². The van der Waals surface area contributed by atoms with E-state index in [2.05, 4.69) is 15.4 Å². The molecule has 7 heteroatoms. The molecule has 0 radical (unpaired) electrons. The molecule has 0 fully saturated rings. The second-order valence-electron chi connectivity index (χ2n) is 5.68. The van der Waals surface area contributed by atoms with Crippen LogP contribution in [0.1, 0.15) is 25.8 Å². The van der Waals surface area contributed by atoms with Crippen molar-refractivity contribution in [3.05, 3.63) is 35.9 Å². The zero-order valence-corrected chi connectivity index (χ0v) is 14.2. The van der Waals surface area contributed by atoms with E-state index in [1.54, 1.807) is 0 Å². The minimum atomic E-state index is -0.780. The highest BCUT2D eigenvalue weighted by molar-refractivity contribution is 5.88. The maximum atomic E-state index is 12.1. The molecule has 0 heterocycles. The number of benzene rings is 1. The largest absolute Gasteiger partial charge is 0.468 e. The lowest BCUT2D eigenvalue weighted by molar-refractivity contribution is -0.141. The average molecular weight is 336 g/mol. The van der Waals surface area contributed by atoms with Gasteiger partial charge in [0.1, 0.15) is 19.2 Å². The van der Waals surface area contributed by atoms with Crippen molar-refractivity contribution in [3.63, 3.8) is 0 Å². The molecule has 1 aromatic rings. The molecule has 0 unspecified atom stereocenters. The van der Waals surface area contributed by atoms with E-state index in [-0.39, 0.29) is 19.1 Å². The molecule has 0 aromatic heterocycles. The second kappa shape index (κ2) is 10.3. The number of hydrogen-bond acceptors (Lipinski definition) is 5. The minimum Gasteiger partial charge on any atom is -0.468 e. The maximum Gasteiger partial charge on any atom is 0.408 e. The van der Waals surface area contributed by atoms with Gasteiger partial charge in [0.05, 0.1) is 7.11 Å². The van der Waals surface area contributed by atoms with E-state index < -0.39 is 24.0 Å². The predicted octanol–water partition coefficient (Wildman–Crippen LogP) is 1.62. The summed E-state index contributed by atoms with van der Waals surface area (Å²) in [6.07, 6.45) is -0.259. The van der Waals surface area contributed by atoms with Gasteiger partial charge in [-0.2, -0.15) is 0 Å². The lowest BCUT2D eigenvalue weighted by Crippen LogP contribution is -2.48. The molecule has 0 aliphatic carbocycles. The molecule has 0 saturated carbocycles. The average Bonchev–Trinajstić information content (AvgIpc) is 2.57. The van der Waals surface area contributed by atoms with Crippen LogP contribution >= 0.6 is 0 Å². The molecule has 132 valence electrons. The molecule has 1 rings (SSSR count). The molecule has 0 aliphatic heterocycles. The molecule has 24 heavy (non-hydrogen) atoms. The molecule has 7 nitrogen and oxygen atoms in total. The quantitative estimate of drug-likeness (QED) is 0.704. The third kappa shape index (κ3) is 7.62. The van der Waals surface area contributed by atoms with Crippen molar-refractivity contribution < 1.29 is 23.9 Å². The number of ether oxygens (including phenoxy) is 2. The van der Waals surface area contributed by atoms with Crippen LogP contribution in [0.25, 0.3) is 0 Å². The number of hydrogen-bond donors (Lipinski definition) is 2. The molecule has 1 aromatic carbocycles. The van der Waals surface area contributed by atoms with E-state index in [0.29, 0.717) is 6.42 Å². The van der Waals surface area contributed by atoms with Crippen LogP contribution in [0, 0.1) is 5.92 Å². The third-order valence-corrected chi connectivity index (χ3v) is 3.16. The highest BCUT2D eigenvalue weighted by Gasteiger charge is 2.23. The number of esters is 1. The molecule has 0 bridgehead atoms. The van der Waals surface area contributed by atoms with Gasteiger partial charge in [0.25, 0.3) is 0 Å². The first kappa shape index (κ1) is 19.5. The van der Waals surface area contributed by atoms with E-state index in [1.807, 2.05) is 44.2 Å². The minimum absolute atomic E-state index is 0.116. The van der Waals surface area contributed by atoms with Crippen molar-refractivity contribution in [1.82, 2.24) is 10.6 Å². The normalized spacial score (nSPS) is 11.5. The van der Waals surface area contributed by atoms with Gasteiger partial charge in [0.2, 0.25) is 5.91 Å². The second-order valence-corrected chi connectivity index (χ2v) is 5.68. The van der Waals surface area contributed by atoms with Crippen LogP contribution in [0.4, 0.5) is 4.79 Å². The summed E-state index contributed by atoms with van der Waals surface area (Å²) in [5.41, 5.74) is 0.850. The summed E-state index contributed by atoms with van der Waals surface area (Å²) in [5.74, 6) is -0.836. The van der Waals surface area contributed by atoms with E-state index in [9.17, 15) is 14.4 Å². The third-order valence-electron chi connectivity index (χ3n) is 3.16.